The van der Waals surface area contributed by atoms with Crippen LogP contribution in [0.1, 0.15) is 32.4 Å². The maximum absolute atomic E-state index is 12.1. The summed E-state index contributed by atoms with van der Waals surface area (Å²) in [7, 11) is 0. The molecule has 0 aromatic carbocycles. The smallest absolute Gasteiger partial charge is 0.243 e. The molecule has 0 aliphatic carbocycles. The van der Waals surface area contributed by atoms with Crippen molar-refractivity contribution < 1.29 is 9.32 Å². The lowest BCUT2D eigenvalue weighted by Gasteiger charge is -2.33. The van der Waals surface area contributed by atoms with E-state index < -0.39 is 0 Å². The highest BCUT2D eigenvalue weighted by atomic mass is 16.5. The number of likely N-dealkylation sites (tertiary alicyclic amines) is 1. The molecule has 0 spiro atoms. The summed E-state index contributed by atoms with van der Waals surface area (Å²) < 4.78 is 4.99. The van der Waals surface area contributed by atoms with Gasteiger partial charge in [0.15, 0.2) is 0 Å². The van der Waals surface area contributed by atoms with Crippen molar-refractivity contribution in [3.63, 3.8) is 0 Å². The average molecular weight is 251 g/mol. The third-order valence-corrected chi connectivity index (χ3v) is 3.62. The molecule has 1 atom stereocenters. The van der Waals surface area contributed by atoms with Crippen LogP contribution >= 0.6 is 0 Å². The van der Waals surface area contributed by atoms with Crippen LogP contribution in [0.25, 0.3) is 0 Å². The number of piperidine rings is 1. The molecule has 1 saturated heterocycles. The second kappa shape index (κ2) is 5.52. The van der Waals surface area contributed by atoms with Gasteiger partial charge in [-0.05, 0) is 45.7 Å². The molecule has 5 heteroatoms. The number of nitrogens with zero attached hydrogens (tertiary/aromatic N) is 2. The molecule has 1 unspecified atom stereocenters. The second-order valence-corrected chi connectivity index (χ2v) is 5.22. The first-order chi connectivity index (χ1) is 8.56. The highest BCUT2D eigenvalue weighted by Gasteiger charge is 2.25. The van der Waals surface area contributed by atoms with Crippen LogP contribution in [0.2, 0.25) is 0 Å². The van der Waals surface area contributed by atoms with Crippen LogP contribution in [0, 0.1) is 12.8 Å². The summed E-state index contributed by atoms with van der Waals surface area (Å²) in [6.45, 7) is 8.01. The Bertz CT molecular complexity index is 408. The minimum Gasteiger partial charge on any atom is -0.338 e. The standard InChI is InChI=1S/C13H21N3O2/c1-9-4-6-16(7-5-9)11(3)13(17)14-12-8-10(2)15-18-12/h8-9,11H,4-7H2,1-3H3,(H,14,17). The molecule has 0 bridgehead atoms. The molecule has 0 radical (unpaired) electrons. The largest absolute Gasteiger partial charge is 0.338 e. The van der Waals surface area contributed by atoms with Gasteiger partial charge in [-0.1, -0.05) is 12.1 Å². The third kappa shape index (κ3) is 3.10. The molecule has 5 nitrogen and oxygen atoms in total. The van der Waals surface area contributed by atoms with Gasteiger partial charge in [-0.15, -0.1) is 0 Å². The molecule has 18 heavy (non-hydrogen) atoms. The lowest BCUT2D eigenvalue weighted by molar-refractivity contribution is -0.121. The molecular formula is C13H21N3O2. The fraction of sp³-hybridized carbons (Fsp3) is 0.692. The van der Waals surface area contributed by atoms with Crippen molar-refractivity contribution in [2.24, 2.45) is 5.92 Å². The van der Waals surface area contributed by atoms with Gasteiger partial charge in [0.05, 0.1) is 11.7 Å². The van der Waals surface area contributed by atoms with Gasteiger partial charge >= 0.3 is 0 Å². The summed E-state index contributed by atoms with van der Waals surface area (Å²) in [6, 6.07) is 1.60. The van der Waals surface area contributed by atoms with Crippen molar-refractivity contribution >= 4 is 11.8 Å². The van der Waals surface area contributed by atoms with Crippen molar-refractivity contribution in [2.45, 2.75) is 39.7 Å². The van der Waals surface area contributed by atoms with Crippen LogP contribution in [0.3, 0.4) is 0 Å². The first-order valence-corrected chi connectivity index (χ1v) is 6.54. The Balaban J connectivity index is 1.88. The maximum atomic E-state index is 12.1. The summed E-state index contributed by atoms with van der Waals surface area (Å²) in [5.74, 6) is 1.17. The van der Waals surface area contributed by atoms with Crippen LogP contribution in [-0.2, 0) is 4.79 Å². The number of aromatic nitrogens is 1. The highest BCUT2D eigenvalue weighted by Crippen LogP contribution is 2.18. The zero-order chi connectivity index (χ0) is 13.1. The lowest BCUT2D eigenvalue weighted by Crippen LogP contribution is -2.45. The summed E-state index contributed by atoms with van der Waals surface area (Å²) >= 11 is 0. The number of carbonyl (C=O) groups excluding carboxylic acids is 1. The van der Waals surface area contributed by atoms with Gasteiger partial charge in [0, 0.05) is 6.07 Å². The highest BCUT2D eigenvalue weighted by molar-refractivity contribution is 5.93. The van der Waals surface area contributed by atoms with Crippen LogP contribution in [0.5, 0.6) is 0 Å². The Morgan fingerprint density at radius 2 is 2.22 bits per heavy atom. The first-order valence-electron chi connectivity index (χ1n) is 6.54. The van der Waals surface area contributed by atoms with Crippen LogP contribution in [0.15, 0.2) is 10.6 Å². The summed E-state index contributed by atoms with van der Waals surface area (Å²) in [4.78, 5) is 14.3. The Hall–Kier alpha value is -1.36. The van der Waals surface area contributed by atoms with Gasteiger partial charge in [-0.25, -0.2) is 0 Å². The molecular weight excluding hydrogens is 230 g/mol. The van der Waals surface area contributed by atoms with E-state index >= 15 is 0 Å². The molecule has 1 aliphatic rings. The number of rotatable bonds is 3. The minimum absolute atomic E-state index is 0.0271. The predicted octanol–water partition coefficient (Wildman–Crippen LogP) is 2.04. The Morgan fingerprint density at radius 1 is 1.56 bits per heavy atom. The average Bonchev–Trinajstić information content (AvgIpc) is 2.75. The van der Waals surface area contributed by atoms with E-state index in [1.54, 1.807) is 6.07 Å². The molecule has 1 fully saturated rings. The van der Waals surface area contributed by atoms with Gasteiger partial charge in [0.1, 0.15) is 0 Å². The number of hydrogen-bond acceptors (Lipinski definition) is 4. The summed E-state index contributed by atoms with van der Waals surface area (Å²) in [6.07, 6.45) is 2.33. The number of carbonyl (C=O) groups is 1. The van der Waals surface area contributed by atoms with E-state index in [1.807, 2.05) is 13.8 Å². The SMILES string of the molecule is Cc1cc(NC(=O)C(C)N2CCC(C)CC2)on1. The van der Waals surface area contributed by atoms with Crippen LogP contribution in [-0.4, -0.2) is 35.1 Å². The zero-order valence-corrected chi connectivity index (χ0v) is 11.3. The molecule has 1 aromatic rings. The third-order valence-electron chi connectivity index (χ3n) is 3.62. The second-order valence-electron chi connectivity index (χ2n) is 5.22. The predicted molar refractivity (Wildman–Crippen MR) is 69.3 cm³/mol. The molecule has 1 amide bonds. The molecule has 2 rings (SSSR count). The number of anilines is 1. The van der Waals surface area contributed by atoms with Crippen molar-refractivity contribution in [1.82, 2.24) is 10.1 Å². The summed E-state index contributed by atoms with van der Waals surface area (Å²) in [5, 5.41) is 6.51. The molecule has 1 aromatic heterocycles. The first kappa shape index (κ1) is 13.1. The monoisotopic (exact) mass is 251 g/mol. The molecule has 1 aliphatic heterocycles. The van der Waals surface area contributed by atoms with Crippen molar-refractivity contribution in [2.75, 3.05) is 18.4 Å². The summed E-state index contributed by atoms with van der Waals surface area (Å²) in [5.41, 5.74) is 0.768. The van der Waals surface area contributed by atoms with E-state index in [0.29, 0.717) is 5.88 Å². The fourth-order valence-corrected chi connectivity index (χ4v) is 2.23. The number of amides is 1. The number of hydrogen-bond donors (Lipinski definition) is 1. The quantitative estimate of drug-likeness (QED) is 0.893. The number of aryl methyl sites for hydroxylation is 1. The molecule has 2 heterocycles. The van der Waals surface area contributed by atoms with Gasteiger partial charge in [-0.2, -0.15) is 0 Å². The Morgan fingerprint density at radius 3 is 2.78 bits per heavy atom. The molecule has 1 N–H and O–H groups in total. The van der Waals surface area contributed by atoms with Gasteiger partial charge in [0.2, 0.25) is 11.8 Å². The normalized spacial score (nSPS) is 19.7. The minimum atomic E-state index is -0.122. The van der Waals surface area contributed by atoms with Gasteiger partial charge in [-0.3, -0.25) is 15.0 Å². The van der Waals surface area contributed by atoms with E-state index in [1.165, 1.54) is 12.8 Å². The Kier molecular flexibility index (Phi) is 4.01. The molecule has 0 saturated carbocycles. The van der Waals surface area contributed by atoms with Gasteiger partial charge in [0.25, 0.3) is 0 Å². The fourth-order valence-electron chi connectivity index (χ4n) is 2.23. The van der Waals surface area contributed by atoms with Gasteiger partial charge < -0.3 is 4.52 Å². The van der Waals surface area contributed by atoms with E-state index in [2.05, 4.69) is 22.3 Å². The van der Waals surface area contributed by atoms with Crippen molar-refractivity contribution in [3.05, 3.63) is 11.8 Å². The maximum Gasteiger partial charge on any atom is 0.243 e. The lowest BCUT2D eigenvalue weighted by atomic mass is 9.98. The Labute approximate surface area is 108 Å². The van der Waals surface area contributed by atoms with E-state index in [-0.39, 0.29) is 11.9 Å². The van der Waals surface area contributed by atoms with E-state index in [9.17, 15) is 4.79 Å². The molecule has 100 valence electrons. The van der Waals surface area contributed by atoms with E-state index in [0.717, 1.165) is 24.7 Å². The van der Waals surface area contributed by atoms with Crippen LogP contribution in [0.4, 0.5) is 5.88 Å². The number of nitrogens with one attached hydrogen (secondary N) is 1. The zero-order valence-electron chi connectivity index (χ0n) is 11.3. The van der Waals surface area contributed by atoms with E-state index in [4.69, 9.17) is 4.52 Å². The topological polar surface area (TPSA) is 58.4 Å². The van der Waals surface area contributed by atoms with Crippen LogP contribution < -0.4 is 5.32 Å². The van der Waals surface area contributed by atoms with Crippen molar-refractivity contribution in [1.29, 1.82) is 0 Å². The van der Waals surface area contributed by atoms with Crippen molar-refractivity contribution in [3.8, 4) is 0 Å².